The average Bonchev–Trinajstić information content (AvgIpc) is 3.35. The lowest BCUT2D eigenvalue weighted by Crippen LogP contribution is -2.30. The summed E-state index contributed by atoms with van der Waals surface area (Å²) in [7, 11) is 1.54. The van der Waals surface area contributed by atoms with Crippen molar-refractivity contribution in [1.82, 2.24) is 4.98 Å². The fourth-order valence-corrected chi connectivity index (χ4v) is 4.25. The zero-order valence-electron chi connectivity index (χ0n) is 17.6. The molecule has 30 heavy (non-hydrogen) atoms. The summed E-state index contributed by atoms with van der Waals surface area (Å²) in [5.74, 6) is -0.401. The van der Waals surface area contributed by atoms with Gasteiger partial charge in [0.1, 0.15) is 12.4 Å². The number of hydrogen-bond donors (Lipinski definition) is 1. The summed E-state index contributed by atoms with van der Waals surface area (Å²) < 4.78 is 25.7. The standard InChI is InChI=1S/C22H29FN4O3/c1-15-7-6-12-27(15)22-25-20(19(30-22)14-29-2)21(28)24-16-8-9-18(17(23)13-16)26-10-4-3-5-11-26/h8-9,13,15H,3-7,10-12,14H2,1-2H3,(H,24,28). The highest BCUT2D eigenvalue weighted by Gasteiger charge is 2.28. The zero-order chi connectivity index (χ0) is 21.1. The molecule has 4 rings (SSSR count). The molecule has 2 saturated heterocycles. The van der Waals surface area contributed by atoms with Crippen LogP contribution in [-0.2, 0) is 11.3 Å². The van der Waals surface area contributed by atoms with Gasteiger partial charge < -0.3 is 24.3 Å². The van der Waals surface area contributed by atoms with Crippen LogP contribution in [0.2, 0.25) is 0 Å². The van der Waals surface area contributed by atoms with Gasteiger partial charge in [0, 0.05) is 38.5 Å². The Labute approximate surface area is 176 Å². The molecule has 2 aliphatic rings. The Morgan fingerprint density at radius 2 is 2.07 bits per heavy atom. The number of anilines is 3. The molecule has 1 aromatic carbocycles. The largest absolute Gasteiger partial charge is 0.425 e. The highest BCUT2D eigenvalue weighted by Crippen LogP contribution is 2.29. The lowest BCUT2D eigenvalue weighted by atomic mass is 10.1. The molecular weight excluding hydrogens is 387 g/mol. The molecule has 7 nitrogen and oxygen atoms in total. The van der Waals surface area contributed by atoms with Gasteiger partial charge >= 0.3 is 0 Å². The van der Waals surface area contributed by atoms with Gasteiger partial charge in [0.2, 0.25) is 0 Å². The van der Waals surface area contributed by atoms with Crippen LogP contribution in [0.1, 0.15) is 55.3 Å². The first kappa shape index (κ1) is 20.7. The Bertz CT molecular complexity index is 895. The van der Waals surface area contributed by atoms with Crippen molar-refractivity contribution in [2.24, 2.45) is 0 Å². The average molecular weight is 416 g/mol. The Morgan fingerprint density at radius 3 is 2.73 bits per heavy atom. The molecule has 3 heterocycles. The number of aromatic nitrogens is 1. The number of nitrogens with one attached hydrogen (secondary N) is 1. The van der Waals surface area contributed by atoms with Crippen molar-refractivity contribution in [1.29, 1.82) is 0 Å². The Kier molecular flexibility index (Phi) is 6.22. The van der Waals surface area contributed by atoms with Crippen molar-refractivity contribution in [2.75, 3.05) is 41.9 Å². The molecule has 2 aromatic rings. The van der Waals surface area contributed by atoms with E-state index in [2.05, 4.69) is 27.0 Å². The van der Waals surface area contributed by atoms with Crippen molar-refractivity contribution >= 4 is 23.3 Å². The van der Waals surface area contributed by atoms with Crippen LogP contribution in [0, 0.1) is 5.82 Å². The summed E-state index contributed by atoms with van der Waals surface area (Å²) in [5.41, 5.74) is 1.15. The van der Waals surface area contributed by atoms with Crippen LogP contribution in [0.5, 0.6) is 0 Å². The SMILES string of the molecule is COCc1oc(N2CCCC2C)nc1C(=O)Nc1ccc(N2CCCCC2)c(F)c1. The predicted octanol–water partition coefficient (Wildman–Crippen LogP) is 4.19. The van der Waals surface area contributed by atoms with Crippen molar-refractivity contribution in [2.45, 2.75) is 51.7 Å². The van der Waals surface area contributed by atoms with E-state index in [-0.39, 0.29) is 18.1 Å². The van der Waals surface area contributed by atoms with Gasteiger partial charge in [-0.15, -0.1) is 0 Å². The van der Waals surface area contributed by atoms with Gasteiger partial charge in [-0.3, -0.25) is 4.79 Å². The molecule has 8 heteroatoms. The number of rotatable bonds is 6. The third-order valence-corrected chi connectivity index (χ3v) is 5.88. The number of hydrogen-bond acceptors (Lipinski definition) is 6. The van der Waals surface area contributed by atoms with E-state index in [4.69, 9.17) is 9.15 Å². The van der Waals surface area contributed by atoms with E-state index in [1.165, 1.54) is 19.6 Å². The molecule has 0 aliphatic carbocycles. The number of nitrogens with zero attached hydrogens (tertiary/aromatic N) is 3. The second kappa shape index (κ2) is 9.04. The van der Waals surface area contributed by atoms with E-state index in [9.17, 15) is 9.18 Å². The van der Waals surface area contributed by atoms with Gasteiger partial charge in [0.25, 0.3) is 11.9 Å². The van der Waals surface area contributed by atoms with Crippen LogP contribution in [0.3, 0.4) is 0 Å². The summed E-state index contributed by atoms with van der Waals surface area (Å²) in [5, 5.41) is 2.75. The number of carbonyl (C=O) groups is 1. The van der Waals surface area contributed by atoms with Crippen molar-refractivity contribution in [3.63, 3.8) is 0 Å². The third-order valence-electron chi connectivity index (χ3n) is 5.88. The van der Waals surface area contributed by atoms with E-state index in [1.807, 2.05) is 0 Å². The first-order valence-corrected chi connectivity index (χ1v) is 10.7. The number of methoxy groups -OCH3 is 1. The molecule has 1 unspecified atom stereocenters. The molecule has 1 aromatic heterocycles. The molecule has 1 N–H and O–H groups in total. The Morgan fingerprint density at radius 1 is 1.27 bits per heavy atom. The molecule has 162 valence electrons. The third kappa shape index (κ3) is 4.28. The molecule has 0 saturated carbocycles. The fourth-order valence-electron chi connectivity index (χ4n) is 4.25. The monoisotopic (exact) mass is 416 g/mol. The molecule has 2 fully saturated rings. The second-order valence-electron chi connectivity index (χ2n) is 8.05. The molecule has 0 bridgehead atoms. The van der Waals surface area contributed by atoms with E-state index in [1.54, 1.807) is 12.1 Å². The van der Waals surface area contributed by atoms with Gasteiger partial charge in [0.05, 0.1) is 5.69 Å². The minimum absolute atomic E-state index is 0.139. The summed E-state index contributed by atoms with van der Waals surface area (Å²) >= 11 is 0. The van der Waals surface area contributed by atoms with E-state index in [0.29, 0.717) is 29.2 Å². The zero-order valence-corrected chi connectivity index (χ0v) is 17.6. The molecule has 1 atom stereocenters. The van der Waals surface area contributed by atoms with Crippen molar-refractivity contribution in [3.05, 3.63) is 35.5 Å². The second-order valence-corrected chi connectivity index (χ2v) is 8.05. The van der Waals surface area contributed by atoms with Crippen LogP contribution in [0.15, 0.2) is 22.6 Å². The van der Waals surface area contributed by atoms with Gasteiger partial charge in [-0.2, -0.15) is 4.98 Å². The summed E-state index contributed by atoms with van der Waals surface area (Å²) in [6.45, 7) is 4.82. The summed E-state index contributed by atoms with van der Waals surface area (Å²) in [6, 6.07) is 5.56. The lowest BCUT2D eigenvalue weighted by Gasteiger charge is -2.29. The maximum atomic E-state index is 14.7. The summed E-state index contributed by atoms with van der Waals surface area (Å²) in [6.07, 6.45) is 5.46. The number of piperidine rings is 1. The number of oxazole rings is 1. The van der Waals surface area contributed by atoms with Crippen LogP contribution < -0.4 is 15.1 Å². The highest BCUT2D eigenvalue weighted by atomic mass is 19.1. The molecule has 0 radical (unpaired) electrons. The maximum Gasteiger partial charge on any atom is 0.298 e. The van der Waals surface area contributed by atoms with Gasteiger partial charge in [-0.1, -0.05) is 0 Å². The number of halogens is 1. The quantitative estimate of drug-likeness (QED) is 0.761. The fraction of sp³-hybridized carbons (Fsp3) is 0.545. The number of carbonyl (C=O) groups excluding carboxylic acids is 1. The van der Waals surface area contributed by atoms with E-state index >= 15 is 0 Å². The van der Waals surface area contributed by atoms with Crippen LogP contribution >= 0.6 is 0 Å². The van der Waals surface area contributed by atoms with Crippen LogP contribution in [0.25, 0.3) is 0 Å². The Balaban J connectivity index is 1.51. The maximum absolute atomic E-state index is 14.7. The molecule has 1 amide bonds. The Hall–Kier alpha value is -2.61. The highest BCUT2D eigenvalue weighted by molar-refractivity contribution is 6.03. The topological polar surface area (TPSA) is 70.8 Å². The van der Waals surface area contributed by atoms with Crippen LogP contribution in [-0.4, -0.2) is 43.7 Å². The number of ether oxygens (including phenoxy) is 1. The van der Waals surface area contributed by atoms with E-state index in [0.717, 1.165) is 45.3 Å². The first-order valence-electron chi connectivity index (χ1n) is 10.7. The van der Waals surface area contributed by atoms with Gasteiger partial charge in [-0.25, -0.2) is 4.39 Å². The predicted molar refractivity (Wildman–Crippen MR) is 114 cm³/mol. The molecule has 0 spiro atoms. The van der Waals surface area contributed by atoms with Gasteiger partial charge in [0.15, 0.2) is 11.5 Å². The van der Waals surface area contributed by atoms with Gasteiger partial charge in [-0.05, 0) is 57.2 Å². The van der Waals surface area contributed by atoms with Crippen molar-refractivity contribution in [3.8, 4) is 0 Å². The summed E-state index contributed by atoms with van der Waals surface area (Å²) in [4.78, 5) is 21.4. The van der Waals surface area contributed by atoms with E-state index < -0.39 is 5.91 Å². The first-order chi connectivity index (χ1) is 14.6. The lowest BCUT2D eigenvalue weighted by molar-refractivity contribution is 0.101. The van der Waals surface area contributed by atoms with Crippen LogP contribution in [0.4, 0.5) is 21.8 Å². The minimum atomic E-state index is -0.436. The minimum Gasteiger partial charge on any atom is -0.425 e. The number of amides is 1. The smallest absolute Gasteiger partial charge is 0.298 e. The normalized spacial score (nSPS) is 19.4. The van der Waals surface area contributed by atoms with Crippen molar-refractivity contribution < 1.29 is 18.3 Å². The molecule has 2 aliphatic heterocycles. The number of benzene rings is 1. The molecular formula is C22H29FN4O3.